The van der Waals surface area contributed by atoms with Crippen LogP contribution in [0.15, 0.2) is 36.5 Å². The highest BCUT2D eigenvalue weighted by molar-refractivity contribution is 6.30. The lowest BCUT2D eigenvalue weighted by Crippen LogP contribution is -2.45. The Balaban J connectivity index is 1.69. The Morgan fingerprint density at radius 1 is 1.25 bits per heavy atom. The molecular formula is C21H23ClFN5O4. The normalized spacial score (nSPS) is 17.7. The number of hydrogen-bond acceptors (Lipinski definition) is 6. The molecule has 2 atom stereocenters. The zero-order chi connectivity index (χ0) is 23.3. The van der Waals surface area contributed by atoms with Crippen LogP contribution in [0.2, 0.25) is 5.02 Å². The Morgan fingerprint density at radius 2 is 2.03 bits per heavy atom. The van der Waals surface area contributed by atoms with Crippen molar-refractivity contribution >= 4 is 46.5 Å². The third kappa shape index (κ3) is 5.92. The summed E-state index contributed by atoms with van der Waals surface area (Å²) in [5, 5.41) is 8.35. The van der Waals surface area contributed by atoms with Crippen molar-refractivity contribution in [1.29, 1.82) is 0 Å². The number of likely N-dealkylation sites (tertiary alicyclic amines) is 1. The van der Waals surface area contributed by atoms with Gasteiger partial charge in [0.2, 0.25) is 5.91 Å². The van der Waals surface area contributed by atoms with Crippen LogP contribution < -0.4 is 16.0 Å². The number of urea groups is 1. The summed E-state index contributed by atoms with van der Waals surface area (Å²) in [5.74, 6) is -1.04. The molecule has 3 amide bonds. The first kappa shape index (κ1) is 23.4. The molecule has 1 aromatic heterocycles. The second-order valence-corrected chi connectivity index (χ2v) is 7.73. The van der Waals surface area contributed by atoms with E-state index in [0.717, 1.165) is 0 Å². The number of rotatable bonds is 7. The van der Waals surface area contributed by atoms with Gasteiger partial charge >= 0.3 is 6.03 Å². The topological polar surface area (TPSA) is 113 Å². The molecule has 0 aliphatic carbocycles. The predicted octanol–water partition coefficient (Wildman–Crippen LogP) is 3.13. The van der Waals surface area contributed by atoms with E-state index in [-0.39, 0.29) is 42.9 Å². The number of benzene rings is 1. The van der Waals surface area contributed by atoms with Crippen LogP contribution >= 0.6 is 11.6 Å². The highest BCUT2D eigenvalue weighted by Gasteiger charge is 2.40. The third-order valence-corrected chi connectivity index (χ3v) is 5.11. The van der Waals surface area contributed by atoms with Crippen molar-refractivity contribution in [3.8, 4) is 0 Å². The highest BCUT2D eigenvalue weighted by Crippen LogP contribution is 2.25. The molecule has 170 valence electrons. The van der Waals surface area contributed by atoms with Gasteiger partial charge in [-0.1, -0.05) is 11.6 Å². The first-order chi connectivity index (χ1) is 15.3. The number of aromatic nitrogens is 1. The lowest BCUT2D eigenvalue weighted by molar-refractivity contribution is -0.119. The lowest BCUT2D eigenvalue weighted by Gasteiger charge is -2.24. The van der Waals surface area contributed by atoms with Gasteiger partial charge in [0.25, 0.3) is 0 Å². The summed E-state index contributed by atoms with van der Waals surface area (Å²) < 4.78 is 19.8. The Kier molecular flexibility index (Phi) is 7.60. The number of hydrogen-bond donors (Lipinski definition) is 3. The van der Waals surface area contributed by atoms with Gasteiger partial charge in [-0.3, -0.25) is 14.9 Å². The summed E-state index contributed by atoms with van der Waals surface area (Å²) in [4.78, 5) is 42.0. The van der Waals surface area contributed by atoms with Crippen molar-refractivity contribution in [2.45, 2.75) is 25.5 Å². The molecule has 0 bridgehead atoms. The van der Waals surface area contributed by atoms with Crippen LogP contribution in [0.5, 0.6) is 0 Å². The summed E-state index contributed by atoms with van der Waals surface area (Å²) in [5.41, 5.74) is 0.372. The number of ketones is 1. The maximum Gasteiger partial charge on any atom is 0.323 e. The van der Waals surface area contributed by atoms with E-state index in [9.17, 15) is 18.8 Å². The van der Waals surface area contributed by atoms with Crippen molar-refractivity contribution in [3.05, 3.63) is 47.4 Å². The van der Waals surface area contributed by atoms with Crippen LogP contribution in [0.3, 0.4) is 0 Å². The molecule has 1 aliphatic rings. The zero-order valence-electron chi connectivity index (χ0n) is 17.5. The van der Waals surface area contributed by atoms with E-state index in [1.165, 1.54) is 43.3 Å². The van der Waals surface area contributed by atoms with Crippen molar-refractivity contribution in [2.75, 3.05) is 36.1 Å². The minimum absolute atomic E-state index is 0.0380. The smallest absolute Gasteiger partial charge is 0.323 e. The van der Waals surface area contributed by atoms with E-state index in [0.29, 0.717) is 10.7 Å². The summed E-state index contributed by atoms with van der Waals surface area (Å²) >= 11 is 5.80. The molecular weight excluding hydrogens is 441 g/mol. The van der Waals surface area contributed by atoms with Gasteiger partial charge in [0, 0.05) is 32.0 Å². The van der Waals surface area contributed by atoms with E-state index in [1.807, 2.05) is 0 Å². The monoisotopic (exact) mass is 463 g/mol. The lowest BCUT2D eigenvalue weighted by atomic mass is 10.1. The molecule has 0 radical (unpaired) electrons. The van der Waals surface area contributed by atoms with E-state index in [4.69, 9.17) is 16.3 Å². The highest BCUT2D eigenvalue weighted by atomic mass is 35.5. The maximum atomic E-state index is 14.5. The average molecular weight is 464 g/mol. The second-order valence-electron chi connectivity index (χ2n) is 7.29. The number of anilines is 3. The molecule has 1 aliphatic heterocycles. The molecule has 32 heavy (non-hydrogen) atoms. The van der Waals surface area contributed by atoms with E-state index >= 15 is 0 Å². The van der Waals surface area contributed by atoms with Gasteiger partial charge in [-0.15, -0.1) is 0 Å². The number of amides is 3. The van der Waals surface area contributed by atoms with Gasteiger partial charge < -0.3 is 20.3 Å². The molecule has 0 spiro atoms. The Hall–Kier alpha value is -3.24. The van der Waals surface area contributed by atoms with Gasteiger partial charge in [-0.2, -0.15) is 0 Å². The Labute approximate surface area is 189 Å². The molecule has 1 fully saturated rings. The molecule has 2 heterocycles. The van der Waals surface area contributed by atoms with Crippen LogP contribution in [0, 0.1) is 5.82 Å². The fourth-order valence-electron chi connectivity index (χ4n) is 3.24. The number of Topliss-reactive ketones (excluding diaryl/α,β-unsaturated/α-hetero) is 1. The maximum absolute atomic E-state index is 14.5. The van der Waals surface area contributed by atoms with Crippen molar-refractivity contribution in [3.63, 3.8) is 0 Å². The molecule has 9 nitrogen and oxygen atoms in total. The van der Waals surface area contributed by atoms with Gasteiger partial charge in [0.15, 0.2) is 0 Å². The van der Waals surface area contributed by atoms with Crippen LogP contribution in [0.1, 0.15) is 13.3 Å². The number of carbonyl (C=O) groups is 3. The molecule has 1 aromatic carbocycles. The number of ether oxygens (including phenoxy) is 1. The summed E-state index contributed by atoms with van der Waals surface area (Å²) in [7, 11) is 1.49. The first-order valence-electron chi connectivity index (χ1n) is 9.82. The Morgan fingerprint density at radius 3 is 2.66 bits per heavy atom. The predicted molar refractivity (Wildman–Crippen MR) is 118 cm³/mol. The fourth-order valence-corrected chi connectivity index (χ4v) is 3.35. The third-order valence-electron chi connectivity index (χ3n) is 4.89. The summed E-state index contributed by atoms with van der Waals surface area (Å²) in [6.45, 7) is 1.67. The van der Waals surface area contributed by atoms with Crippen LogP contribution in [-0.2, 0) is 14.3 Å². The number of pyridine rings is 1. The van der Waals surface area contributed by atoms with Crippen LogP contribution in [0.25, 0.3) is 0 Å². The van der Waals surface area contributed by atoms with Crippen molar-refractivity contribution < 1.29 is 23.5 Å². The SMILES string of the molecule is COC1CC(C(=O)Nc2ccc(NCC(C)=O)cc2F)N(C(=O)Nc2ccc(Cl)cn2)C1. The molecule has 3 N–H and O–H groups in total. The van der Waals surface area contributed by atoms with E-state index in [1.54, 1.807) is 12.1 Å². The van der Waals surface area contributed by atoms with Crippen molar-refractivity contribution in [1.82, 2.24) is 9.88 Å². The van der Waals surface area contributed by atoms with E-state index < -0.39 is 23.8 Å². The molecule has 2 aromatic rings. The molecule has 0 saturated carbocycles. The number of nitrogens with one attached hydrogen (secondary N) is 3. The number of halogens is 2. The minimum atomic E-state index is -0.873. The van der Waals surface area contributed by atoms with Gasteiger partial charge in [0.1, 0.15) is 23.5 Å². The minimum Gasteiger partial charge on any atom is -0.380 e. The molecule has 11 heteroatoms. The first-order valence-corrected chi connectivity index (χ1v) is 10.2. The van der Waals surface area contributed by atoms with Crippen LogP contribution in [-0.4, -0.2) is 60.0 Å². The van der Waals surface area contributed by atoms with Gasteiger partial charge in [-0.25, -0.2) is 14.2 Å². The standard InChI is InChI=1S/C21H23ClFN5O4/c1-12(29)9-24-14-4-5-17(16(23)7-14)26-20(30)18-8-15(32-2)11-28(18)21(31)27-19-6-3-13(22)10-25-19/h3-7,10,15,18,24H,8-9,11H2,1-2H3,(H,26,30)(H,25,27,31). The summed E-state index contributed by atoms with van der Waals surface area (Å²) in [6.07, 6.45) is 1.29. The summed E-state index contributed by atoms with van der Waals surface area (Å²) in [6, 6.07) is 5.82. The molecule has 2 unspecified atom stereocenters. The Bertz CT molecular complexity index is 1000. The number of carbonyl (C=O) groups excluding carboxylic acids is 3. The molecule has 1 saturated heterocycles. The molecule has 3 rings (SSSR count). The zero-order valence-corrected chi connectivity index (χ0v) is 18.3. The quantitative estimate of drug-likeness (QED) is 0.581. The average Bonchev–Trinajstić information content (AvgIpc) is 3.20. The second kappa shape index (κ2) is 10.4. The number of nitrogens with zero attached hydrogens (tertiary/aromatic N) is 2. The van der Waals surface area contributed by atoms with Gasteiger partial charge in [-0.05, 0) is 37.3 Å². The number of methoxy groups -OCH3 is 1. The van der Waals surface area contributed by atoms with Gasteiger partial charge in [0.05, 0.1) is 23.4 Å². The van der Waals surface area contributed by atoms with E-state index in [2.05, 4.69) is 20.9 Å². The van der Waals surface area contributed by atoms with Crippen molar-refractivity contribution in [2.24, 2.45) is 0 Å². The fraction of sp³-hybridized carbons (Fsp3) is 0.333. The largest absolute Gasteiger partial charge is 0.380 e. The van der Waals surface area contributed by atoms with Crippen LogP contribution in [0.4, 0.5) is 26.4 Å².